The number of carboxylic acid groups (broad SMARTS) is 1. The molecule has 0 spiro atoms. The number of piperidine rings is 1. The van der Waals surface area contributed by atoms with Crippen LogP contribution in [0.5, 0.6) is 0 Å². The van der Waals surface area contributed by atoms with Crippen LogP contribution in [0.1, 0.15) is 106 Å². The molecular weight excluding hydrogens is 591 g/mol. The van der Waals surface area contributed by atoms with E-state index in [-0.39, 0.29) is 17.5 Å². The first-order valence-corrected chi connectivity index (χ1v) is 20.9. The van der Waals surface area contributed by atoms with Crippen molar-refractivity contribution in [3.63, 3.8) is 0 Å². The summed E-state index contributed by atoms with van der Waals surface area (Å²) in [6.07, 6.45) is 12.8. The van der Waals surface area contributed by atoms with Gasteiger partial charge in [0, 0.05) is 36.7 Å². The van der Waals surface area contributed by atoms with Gasteiger partial charge in [-0.1, -0.05) is 32.9 Å². The SMILES string of the molecule is C=C(C)[C@@H]1CC[C@]2(CNCCCN3CCS(=C)(=O)CC3)CC[C@]3(C)[C@H](CC[C@@H]4[C@@]5(C)CCN(CC(=O)O)C(C)(C)[C@@H]5CC[C@]43C)[C@@H]12. The highest BCUT2D eigenvalue weighted by atomic mass is 32.2. The summed E-state index contributed by atoms with van der Waals surface area (Å²) in [7, 11) is -1.82. The third-order valence-electron chi connectivity index (χ3n) is 16.3. The van der Waals surface area contributed by atoms with Crippen molar-refractivity contribution in [1.29, 1.82) is 0 Å². The zero-order valence-corrected chi connectivity index (χ0v) is 31.1. The summed E-state index contributed by atoms with van der Waals surface area (Å²) < 4.78 is 12.3. The summed E-state index contributed by atoms with van der Waals surface area (Å²) in [5.41, 5.74) is 2.62. The van der Waals surface area contributed by atoms with Crippen molar-refractivity contribution in [3.05, 3.63) is 12.2 Å². The Morgan fingerprint density at radius 2 is 1.63 bits per heavy atom. The van der Waals surface area contributed by atoms with Crippen molar-refractivity contribution in [2.75, 3.05) is 57.3 Å². The van der Waals surface area contributed by atoms with Gasteiger partial charge in [0.2, 0.25) is 0 Å². The van der Waals surface area contributed by atoms with Crippen molar-refractivity contribution < 1.29 is 14.1 Å². The Morgan fingerprint density at radius 3 is 2.30 bits per heavy atom. The number of nitrogens with one attached hydrogen (secondary N) is 1. The molecule has 0 amide bonds. The quantitative estimate of drug-likeness (QED) is 0.170. The lowest BCUT2D eigenvalue weighted by molar-refractivity contribution is -0.241. The molecule has 2 aliphatic heterocycles. The molecule has 262 valence electrons. The Kier molecular flexibility index (Phi) is 9.24. The first-order chi connectivity index (χ1) is 21.5. The van der Waals surface area contributed by atoms with Gasteiger partial charge in [0.1, 0.15) is 0 Å². The Labute approximate surface area is 281 Å². The number of nitrogens with zero attached hydrogens (tertiary/aromatic N) is 2. The Balaban J connectivity index is 1.18. The molecule has 6 fully saturated rings. The second-order valence-electron chi connectivity index (χ2n) is 18.5. The summed E-state index contributed by atoms with van der Waals surface area (Å²) in [5, 5.41) is 13.7. The molecule has 2 N–H and O–H groups in total. The predicted octanol–water partition coefficient (Wildman–Crippen LogP) is 6.40. The van der Waals surface area contributed by atoms with E-state index in [9.17, 15) is 14.1 Å². The zero-order valence-electron chi connectivity index (χ0n) is 30.3. The van der Waals surface area contributed by atoms with Crippen molar-refractivity contribution in [2.24, 2.45) is 51.2 Å². The molecule has 0 bridgehead atoms. The normalized spacial score (nSPS) is 45.2. The van der Waals surface area contributed by atoms with Crippen LogP contribution in [0.15, 0.2) is 12.2 Å². The topological polar surface area (TPSA) is 72.9 Å². The van der Waals surface area contributed by atoms with Gasteiger partial charge in [0.15, 0.2) is 0 Å². The fraction of sp³-hybridized carbons (Fsp3) is 0.897. The van der Waals surface area contributed by atoms with Crippen LogP contribution in [-0.2, 0) is 14.3 Å². The highest BCUT2D eigenvalue weighted by Crippen LogP contribution is 2.76. The Morgan fingerprint density at radius 1 is 0.913 bits per heavy atom. The van der Waals surface area contributed by atoms with Crippen molar-refractivity contribution in [2.45, 2.75) is 111 Å². The highest BCUT2D eigenvalue weighted by molar-refractivity contribution is 8.00. The summed E-state index contributed by atoms with van der Waals surface area (Å²) in [6.45, 7) is 25.9. The highest BCUT2D eigenvalue weighted by Gasteiger charge is 2.70. The van der Waals surface area contributed by atoms with Crippen LogP contribution in [0.4, 0.5) is 0 Å². The second-order valence-corrected chi connectivity index (χ2v) is 21.3. The number of aliphatic carboxylic acids is 1. The minimum Gasteiger partial charge on any atom is -0.480 e. The fourth-order valence-corrected chi connectivity index (χ4v) is 15.0. The lowest BCUT2D eigenvalue weighted by Crippen LogP contribution is -2.70. The molecule has 6 aliphatic rings. The molecule has 9 atom stereocenters. The maximum absolute atomic E-state index is 12.3. The van der Waals surface area contributed by atoms with E-state index in [0.717, 1.165) is 75.5 Å². The zero-order chi connectivity index (χ0) is 33.3. The lowest BCUT2D eigenvalue weighted by Gasteiger charge is -2.73. The molecule has 0 aromatic heterocycles. The first-order valence-electron chi connectivity index (χ1n) is 18.9. The van der Waals surface area contributed by atoms with Gasteiger partial charge in [-0.15, -0.1) is 0 Å². The maximum Gasteiger partial charge on any atom is 0.317 e. The standard InChI is InChI=1S/C39H67N3O3S/c1-28(2)29-12-15-39(27-40-19-9-20-41-22-24-46(8,45)25-23-41)17-16-37(6)30(34(29)39)10-11-32-36(5)18-21-42(26-33(43)44)35(3,4)31(36)13-14-38(32,37)7/h29-32,34,40H,1,8-27H2,2-7H3,(H,43,44)/t29-,30+,31-,32+,34+,36-,37+,38+,39+/m0/s1. The van der Waals surface area contributed by atoms with E-state index >= 15 is 0 Å². The van der Waals surface area contributed by atoms with Crippen molar-refractivity contribution in [3.8, 4) is 0 Å². The van der Waals surface area contributed by atoms with Crippen LogP contribution in [0.3, 0.4) is 0 Å². The number of hydrogen-bond donors (Lipinski definition) is 2. The number of allylic oxidation sites excluding steroid dienone is 1. The van der Waals surface area contributed by atoms with E-state index in [4.69, 9.17) is 0 Å². The Bertz CT molecular complexity index is 1280. The molecule has 0 unspecified atom stereocenters. The number of hydrogen-bond acceptors (Lipinski definition) is 5. The average Bonchev–Trinajstić information content (AvgIpc) is 3.35. The number of fused-ring (bicyclic) bond motifs is 7. The molecule has 46 heavy (non-hydrogen) atoms. The van der Waals surface area contributed by atoms with Crippen molar-refractivity contribution >= 4 is 21.4 Å². The monoisotopic (exact) mass is 657 g/mol. The minimum atomic E-state index is -1.82. The molecule has 0 aromatic carbocycles. The first kappa shape index (κ1) is 35.0. The Hall–Kier alpha value is -0.890. The van der Waals surface area contributed by atoms with Crippen LogP contribution in [0.2, 0.25) is 0 Å². The summed E-state index contributed by atoms with van der Waals surface area (Å²) in [4.78, 5) is 16.6. The van der Waals surface area contributed by atoms with Gasteiger partial charge >= 0.3 is 5.97 Å². The van der Waals surface area contributed by atoms with Gasteiger partial charge < -0.3 is 15.3 Å². The predicted molar refractivity (Wildman–Crippen MR) is 193 cm³/mol. The average molecular weight is 658 g/mol. The summed E-state index contributed by atoms with van der Waals surface area (Å²) in [6, 6.07) is 0. The minimum absolute atomic E-state index is 0.0861. The molecule has 0 aromatic rings. The smallest absolute Gasteiger partial charge is 0.317 e. The van der Waals surface area contributed by atoms with Gasteiger partial charge in [0.05, 0.1) is 6.54 Å². The molecule has 7 heteroatoms. The van der Waals surface area contributed by atoms with Gasteiger partial charge in [-0.25, -0.2) is 0 Å². The molecule has 4 aliphatic carbocycles. The van der Waals surface area contributed by atoms with Crippen LogP contribution >= 0.6 is 0 Å². The fourth-order valence-electron chi connectivity index (χ4n) is 13.6. The van der Waals surface area contributed by atoms with E-state index in [1.165, 1.54) is 56.9 Å². The number of carboxylic acids is 1. The molecule has 4 saturated carbocycles. The van der Waals surface area contributed by atoms with Gasteiger partial charge in [0.25, 0.3) is 0 Å². The maximum atomic E-state index is 12.3. The molecular formula is C39H67N3O3S. The third-order valence-corrected chi connectivity index (χ3v) is 18.1. The van der Waals surface area contributed by atoms with Crippen LogP contribution in [0.25, 0.3) is 0 Å². The van der Waals surface area contributed by atoms with E-state index in [0.29, 0.717) is 34.0 Å². The molecule has 2 saturated heterocycles. The molecule has 2 heterocycles. The van der Waals surface area contributed by atoms with Crippen LogP contribution in [-0.4, -0.2) is 93.8 Å². The molecule has 6 rings (SSSR count). The summed E-state index contributed by atoms with van der Waals surface area (Å²) in [5.74, 6) is 8.12. The summed E-state index contributed by atoms with van der Waals surface area (Å²) >= 11 is 0. The second kappa shape index (κ2) is 12.2. The number of rotatable bonds is 9. The van der Waals surface area contributed by atoms with Crippen LogP contribution in [0, 0.1) is 51.2 Å². The molecule has 0 radical (unpaired) electrons. The van der Waals surface area contributed by atoms with Crippen LogP contribution < -0.4 is 5.32 Å². The van der Waals surface area contributed by atoms with E-state index < -0.39 is 15.5 Å². The largest absolute Gasteiger partial charge is 0.480 e. The van der Waals surface area contributed by atoms with Crippen molar-refractivity contribution in [1.82, 2.24) is 15.1 Å². The van der Waals surface area contributed by atoms with Gasteiger partial charge in [-0.3, -0.25) is 13.9 Å². The van der Waals surface area contributed by atoms with Gasteiger partial charge in [-0.05, 0) is 171 Å². The molecule has 6 nitrogen and oxygen atoms in total. The lowest BCUT2D eigenvalue weighted by atomic mass is 9.33. The number of carbonyl (C=O) groups is 1. The number of likely N-dealkylation sites (tertiary alicyclic amines) is 1. The van der Waals surface area contributed by atoms with E-state index in [1.54, 1.807) is 0 Å². The van der Waals surface area contributed by atoms with E-state index in [1.807, 2.05) is 0 Å². The van der Waals surface area contributed by atoms with E-state index in [2.05, 4.69) is 69.1 Å². The van der Waals surface area contributed by atoms with Gasteiger partial charge in [-0.2, -0.15) is 0 Å². The third kappa shape index (κ3) is 5.57.